The third kappa shape index (κ3) is 4.91. The van der Waals surface area contributed by atoms with Gasteiger partial charge in [-0.3, -0.25) is 14.9 Å². The normalized spacial score (nSPS) is 10.4. The number of carbonyl (C=O) groups is 2. The first-order chi connectivity index (χ1) is 12.1. The predicted molar refractivity (Wildman–Crippen MR) is 105 cm³/mol. The maximum absolute atomic E-state index is 12.1. The number of aromatic nitrogens is 1. The minimum atomic E-state index is -0.186. The molecule has 25 heavy (non-hydrogen) atoms. The summed E-state index contributed by atoms with van der Waals surface area (Å²) in [6.45, 7) is 0. The van der Waals surface area contributed by atoms with Crippen LogP contribution in [-0.2, 0) is 11.2 Å². The molecule has 2 amide bonds. The van der Waals surface area contributed by atoms with Gasteiger partial charge in [-0.2, -0.15) is 0 Å². The van der Waals surface area contributed by atoms with Crippen LogP contribution in [-0.4, -0.2) is 23.1 Å². The summed E-state index contributed by atoms with van der Waals surface area (Å²) in [6.07, 6.45) is 2.17. The Kier molecular flexibility index (Phi) is 5.85. The van der Waals surface area contributed by atoms with Gasteiger partial charge in [-0.05, 0) is 42.0 Å². The molecule has 128 valence electrons. The first kappa shape index (κ1) is 17.7. The summed E-state index contributed by atoms with van der Waals surface area (Å²) in [5, 5.41) is 9.70. The van der Waals surface area contributed by atoms with Gasteiger partial charge in [0.05, 0.1) is 17.0 Å². The number of carbonyl (C=O) groups excluding carboxylic acids is 2. The molecule has 8 heteroatoms. The van der Waals surface area contributed by atoms with E-state index >= 15 is 0 Å². The van der Waals surface area contributed by atoms with Crippen LogP contribution in [0.15, 0.2) is 52.1 Å². The maximum Gasteiger partial charge on any atom is 0.267 e. The van der Waals surface area contributed by atoms with E-state index < -0.39 is 0 Å². The Balaban J connectivity index is 1.55. The lowest BCUT2D eigenvalue weighted by Gasteiger charge is -2.04. The lowest BCUT2D eigenvalue weighted by molar-refractivity contribution is -0.115. The van der Waals surface area contributed by atoms with Crippen LogP contribution in [0.2, 0.25) is 0 Å². The van der Waals surface area contributed by atoms with Crippen LogP contribution in [0.4, 0.5) is 10.8 Å². The van der Waals surface area contributed by atoms with Crippen molar-refractivity contribution in [2.75, 3.05) is 16.9 Å². The van der Waals surface area contributed by atoms with Crippen LogP contribution in [0.5, 0.6) is 0 Å². The summed E-state index contributed by atoms with van der Waals surface area (Å²) in [5.41, 5.74) is 1.38. The monoisotopic (exact) mass is 389 g/mol. The molecule has 3 aromatic rings. The number of nitrogens with one attached hydrogen (secondary N) is 2. The molecule has 0 fully saturated rings. The molecular formula is C17H15N3O2S3. The maximum atomic E-state index is 12.1. The number of thiazole rings is 1. The van der Waals surface area contributed by atoms with Gasteiger partial charge < -0.3 is 5.32 Å². The molecule has 0 unspecified atom stereocenters. The summed E-state index contributed by atoms with van der Waals surface area (Å²) in [6, 6.07) is 11.2. The summed E-state index contributed by atoms with van der Waals surface area (Å²) < 4.78 is 0. The minimum Gasteiger partial charge on any atom is -0.326 e. The molecule has 5 nitrogen and oxygen atoms in total. The number of benzene rings is 1. The van der Waals surface area contributed by atoms with E-state index in [1.165, 1.54) is 22.7 Å². The van der Waals surface area contributed by atoms with Crippen molar-refractivity contribution in [3.63, 3.8) is 0 Å². The van der Waals surface area contributed by atoms with Crippen molar-refractivity contribution in [2.24, 2.45) is 0 Å². The number of anilines is 2. The van der Waals surface area contributed by atoms with Crippen LogP contribution in [0.1, 0.15) is 15.4 Å². The van der Waals surface area contributed by atoms with Crippen molar-refractivity contribution < 1.29 is 9.59 Å². The van der Waals surface area contributed by atoms with Gasteiger partial charge in [-0.1, -0.05) is 6.07 Å². The topological polar surface area (TPSA) is 71.1 Å². The average molecular weight is 390 g/mol. The van der Waals surface area contributed by atoms with Crippen LogP contribution in [0.3, 0.4) is 0 Å². The second-order valence-electron chi connectivity index (χ2n) is 5.03. The smallest absolute Gasteiger partial charge is 0.267 e. The second-order valence-corrected chi connectivity index (χ2v) is 7.71. The van der Waals surface area contributed by atoms with E-state index in [-0.39, 0.29) is 18.2 Å². The Hall–Kier alpha value is -2.16. The van der Waals surface area contributed by atoms with Crippen molar-refractivity contribution in [3.05, 3.63) is 57.7 Å². The van der Waals surface area contributed by atoms with Crippen LogP contribution < -0.4 is 10.6 Å². The minimum absolute atomic E-state index is 0.140. The van der Waals surface area contributed by atoms with E-state index in [1.807, 2.05) is 42.0 Å². The molecule has 0 bridgehead atoms. The Morgan fingerprint density at radius 1 is 1.12 bits per heavy atom. The third-order valence-electron chi connectivity index (χ3n) is 3.23. The van der Waals surface area contributed by atoms with Gasteiger partial charge >= 0.3 is 0 Å². The standard InChI is InChI=1S/C17H15N3O2S3/c1-23-13-6-4-11(5-7-13)18-15(21)9-12-10-25-17(19-12)20-16(22)14-3-2-8-24-14/h2-8,10H,9H2,1H3,(H,18,21)(H,19,20,22). The zero-order valence-electron chi connectivity index (χ0n) is 13.3. The number of hydrogen-bond acceptors (Lipinski definition) is 6. The Labute approximate surface area is 157 Å². The summed E-state index contributed by atoms with van der Waals surface area (Å²) >= 11 is 4.33. The molecule has 3 rings (SSSR count). The molecule has 0 radical (unpaired) electrons. The van der Waals surface area contributed by atoms with Crippen molar-refractivity contribution in [1.82, 2.24) is 4.98 Å². The largest absolute Gasteiger partial charge is 0.326 e. The van der Waals surface area contributed by atoms with Gasteiger partial charge in [-0.25, -0.2) is 4.98 Å². The predicted octanol–water partition coefficient (Wildman–Crippen LogP) is 4.36. The first-order valence-electron chi connectivity index (χ1n) is 7.37. The number of thiophene rings is 1. The van der Waals surface area contributed by atoms with E-state index in [1.54, 1.807) is 23.2 Å². The molecule has 0 aliphatic rings. The van der Waals surface area contributed by atoms with Gasteiger partial charge in [-0.15, -0.1) is 34.4 Å². The van der Waals surface area contributed by atoms with Crippen LogP contribution in [0.25, 0.3) is 0 Å². The van der Waals surface area contributed by atoms with E-state index in [4.69, 9.17) is 0 Å². The lowest BCUT2D eigenvalue weighted by Crippen LogP contribution is -2.15. The number of rotatable bonds is 6. The van der Waals surface area contributed by atoms with Gasteiger partial charge in [0.15, 0.2) is 5.13 Å². The molecule has 0 aliphatic heterocycles. The number of amides is 2. The van der Waals surface area contributed by atoms with Crippen LogP contribution in [0, 0.1) is 0 Å². The molecule has 2 heterocycles. The summed E-state index contributed by atoms with van der Waals surface area (Å²) in [4.78, 5) is 30.2. The van der Waals surface area contributed by atoms with Crippen molar-refractivity contribution in [2.45, 2.75) is 11.3 Å². The highest BCUT2D eigenvalue weighted by molar-refractivity contribution is 7.98. The molecule has 0 aliphatic carbocycles. The fourth-order valence-corrected chi connectivity index (χ4v) is 3.79. The first-order valence-corrected chi connectivity index (χ1v) is 10.4. The van der Waals surface area contributed by atoms with Gasteiger partial charge in [0.25, 0.3) is 5.91 Å². The second kappa shape index (κ2) is 8.28. The summed E-state index contributed by atoms with van der Waals surface area (Å²) in [5.74, 6) is -0.326. The van der Waals surface area contributed by atoms with Crippen molar-refractivity contribution >= 4 is 57.1 Å². The van der Waals surface area contributed by atoms with Gasteiger partial charge in [0.2, 0.25) is 5.91 Å². The zero-order chi connectivity index (χ0) is 17.6. The highest BCUT2D eigenvalue weighted by atomic mass is 32.2. The number of thioether (sulfide) groups is 1. The fourth-order valence-electron chi connectivity index (χ4n) is 2.06. The van der Waals surface area contributed by atoms with Crippen LogP contribution >= 0.6 is 34.4 Å². The van der Waals surface area contributed by atoms with E-state index in [0.717, 1.165) is 10.6 Å². The Morgan fingerprint density at radius 3 is 2.60 bits per heavy atom. The molecule has 2 N–H and O–H groups in total. The highest BCUT2D eigenvalue weighted by Gasteiger charge is 2.12. The van der Waals surface area contributed by atoms with E-state index in [2.05, 4.69) is 15.6 Å². The molecule has 2 aromatic heterocycles. The quantitative estimate of drug-likeness (QED) is 0.615. The van der Waals surface area contributed by atoms with E-state index in [0.29, 0.717) is 15.7 Å². The number of nitrogens with zero attached hydrogens (tertiary/aromatic N) is 1. The molecular weight excluding hydrogens is 374 g/mol. The highest BCUT2D eigenvalue weighted by Crippen LogP contribution is 2.20. The fraction of sp³-hybridized carbons (Fsp3) is 0.118. The summed E-state index contributed by atoms with van der Waals surface area (Å²) in [7, 11) is 0. The Bertz CT molecular complexity index is 858. The van der Waals surface area contributed by atoms with Crippen molar-refractivity contribution in [3.8, 4) is 0 Å². The molecule has 0 atom stereocenters. The SMILES string of the molecule is CSc1ccc(NC(=O)Cc2csc(NC(=O)c3cccs3)n2)cc1. The van der Waals surface area contributed by atoms with Crippen molar-refractivity contribution in [1.29, 1.82) is 0 Å². The van der Waals surface area contributed by atoms with Gasteiger partial charge in [0, 0.05) is 16.0 Å². The Morgan fingerprint density at radius 2 is 1.92 bits per heavy atom. The average Bonchev–Trinajstić information content (AvgIpc) is 3.27. The molecule has 0 saturated carbocycles. The van der Waals surface area contributed by atoms with E-state index in [9.17, 15) is 9.59 Å². The van der Waals surface area contributed by atoms with Gasteiger partial charge in [0.1, 0.15) is 0 Å². The lowest BCUT2D eigenvalue weighted by atomic mass is 10.3. The molecule has 0 spiro atoms. The third-order valence-corrected chi connectivity index (χ3v) is 5.65. The zero-order valence-corrected chi connectivity index (χ0v) is 15.8. The molecule has 1 aromatic carbocycles. The number of hydrogen-bond donors (Lipinski definition) is 2. The molecule has 0 saturated heterocycles.